The van der Waals surface area contributed by atoms with Gasteiger partial charge in [0.05, 0.1) is 0 Å². The summed E-state index contributed by atoms with van der Waals surface area (Å²) in [7, 11) is 0. The van der Waals surface area contributed by atoms with Crippen molar-refractivity contribution in [3.8, 4) is 0 Å². The number of hydrogen-bond acceptors (Lipinski definition) is 2. The van der Waals surface area contributed by atoms with E-state index < -0.39 is 0 Å². The molecular formula is C25H35B2NS. The van der Waals surface area contributed by atoms with Gasteiger partial charge in [0, 0.05) is 9.90 Å². The first-order valence-corrected chi connectivity index (χ1v) is 11.7. The van der Waals surface area contributed by atoms with Gasteiger partial charge in [-0.25, -0.2) is 0 Å². The fourth-order valence-electron chi connectivity index (χ4n) is 5.22. The molecule has 2 aromatic carbocycles. The number of benzene rings is 2. The second-order valence-electron chi connectivity index (χ2n) is 9.74. The molecule has 2 aromatic rings. The van der Waals surface area contributed by atoms with Crippen molar-refractivity contribution in [2.24, 2.45) is 0 Å². The molecule has 0 amide bonds. The van der Waals surface area contributed by atoms with Gasteiger partial charge in [-0.3, -0.25) is 0 Å². The fourth-order valence-corrected chi connectivity index (χ4v) is 6.82. The first-order chi connectivity index (χ1) is 13.6. The van der Waals surface area contributed by atoms with Crippen LogP contribution in [0.2, 0.25) is 13.6 Å². The SMILES string of the molecule is C/C=C(\B(C)N(B(C)C1SC(C)(C)c2ccccc21)C(C)(C)C)c1ccccc1. The van der Waals surface area contributed by atoms with E-state index in [1.54, 1.807) is 0 Å². The summed E-state index contributed by atoms with van der Waals surface area (Å²) < 4.78 is 2.89. The molecule has 0 bridgehead atoms. The Morgan fingerprint density at radius 1 is 1.00 bits per heavy atom. The summed E-state index contributed by atoms with van der Waals surface area (Å²) in [4.78, 5) is 0. The molecule has 1 atom stereocenters. The lowest BCUT2D eigenvalue weighted by atomic mass is 9.41. The zero-order chi connectivity index (χ0) is 21.4. The molecule has 1 nitrogen and oxygen atoms in total. The van der Waals surface area contributed by atoms with E-state index in [1.807, 2.05) is 0 Å². The molecule has 1 heterocycles. The lowest BCUT2D eigenvalue weighted by Gasteiger charge is -2.45. The third kappa shape index (κ3) is 4.39. The molecule has 152 valence electrons. The maximum absolute atomic E-state index is 2.73. The van der Waals surface area contributed by atoms with Gasteiger partial charge in [-0.2, -0.15) is 0 Å². The summed E-state index contributed by atoms with van der Waals surface area (Å²) in [6, 6.07) is 19.9. The van der Waals surface area contributed by atoms with Crippen LogP contribution in [0.15, 0.2) is 60.7 Å². The Bertz CT molecular complexity index is 870. The molecule has 0 saturated heterocycles. The van der Waals surface area contributed by atoms with Crippen LogP contribution in [0.5, 0.6) is 0 Å². The van der Waals surface area contributed by atoms with Crippen molar-refractivity contribution in [1.29, 1.82) is 0 Å². The maximum atomic E-state index is 2.73. The number of hydrogen-bond donors (Lipinski definition) is 0. The van der Waals surface area contributed by atoms with Crippen molar-refractivity contribution in [2.45, 2.75) is 70.6 Å². The molecule has 0 N–H and O–H groups in total. The molecule has 1 unspecified atom stereocenters. The van der Waals surface area contributed by atoms with Gasteiger partial charge in [-0.15, -0.1) is 11.8 Å². The number of nitrogens with zero attached hydrogens (tertiary/aromatic N) is 1. The van der Waals surface area contributed by atoms with Gasteiger partial charge in [-0.05, 0) is 63.8 Å². The van der Waals surface area contributed by atoms with Gasteiger partial charge in [0.2, 0.25) is 13.7 Å². The molecule has 0 aliphatic carbocycles. The average Bonchev–Trinajstić information content (AvgIpc) is 2.94. The van der Waals surface area contributed by atoms with Gasteiger partial charge >= 0.3 is 0 Å². The third-order valence-electron chi connectivity index (χ3n) is 6.27. The topological polar surface area (TPSA) is 3.24 Å². The van der Waals surface area contributed by atoms with Crippen LogP contribution in [0.25, 0.3) is 5.47 Å². The molecule has 4 heteroatoms. The van der Waals surface area contributed by atoms with Crippen LogP contribution in [0.1, 0.15) is 63.4 Å². The van der Waals surface area contributed by atoms with Gasteiger partial charge in [-0.1, -0.05) is 79.8 Å². The molecule has 1 aliphatic rings. The molecular weight excluding hydrogens is 368 g/mol. The van der Waals surface area contributed by atoms with E-state index in [0.717, 1.165) is 0 Å². The van der Waals surface area contributed by atoms with Crippen molar-refractivity contribution in [1.82, 2.24) is 4.72 Å². The molecule has 0 aromatic heterocycles. The average molecular weight is 403 g/mol. The quantitative estimate of drug-likeness (QED) is 0.485. The van der Waals surface area contributed by atoms with E-state index in [2.05, 4.69) is 132 Å². The summed E-state index contributed by atoms with van der Waals surface area (Å²) in [6.45, 7) is 19.5. The minimum absolute atomic E-state index is 0.0596. The molecule has 1 aliphatic heterocycles. The maximum Gasteiger partial charge on any atom is 0.243 e. The highest BCUT2D eigenvalue weighted by atomic mass is 32.2. The van der Waals surface area contributed by atoms with Crippen LogP contribution in [0.3, 0.4) is 0 Å². The summed E-state index contributed by atoms with van der Waals surface area (Å²) in [6.07, 6.45) is 2.30. The highest BCUT2D eigenvalue weighted by Crippen LogP contribution is 2.56. The lowest BCUT2D eigenvalue weighted by molar-refractivity contribution is 0.364. The Balaban J connectivity index is 2.00. The van der Waals surface area contributed by atoms with E-state index in [0.29, 0.717) is 18.8 Å². The van der Waals surface area contributed by atoms with Crippen molar-refractivity contribution < 1.29 is 0 Å². The largest absolute Gasteiger partial charge is 0.375 e. The van der Waals surface area contributed by atoms with E-state index in [1.165, 1.54) is 22.2 Å². The molecule has 0 radical (unpaired) electrons. The van der Waals surface area contributed by atoms with Crippen LogP contribution in [-0.2, 0) is 4.75 Å². The first-order valence-electron chi connectivity index (χ1n) is 10.8. The second kappa shape index (κ2) is 8.40. The molecule has 3 rings (SSSR count). The van der Waals surface area contributed by atoms with Crippen molar-refractivity contribution >= 4 is 30.9 Å². The van der Waals surface area contributed by atoms with E-state index >= 15 is 0 Å². The first kappa shape index (κ1) is 22.3. The molecule has 0 saturated carbocycles. The predicted octanol–water partition coefficient (Wildman–Crippen LogP) is 7.23. The zero-order valence-electron chi connectivity index (χ0n) is 19.4. The lowest BCUT2D eigenvalue weighted by Crippen LogP contribution is -2.58. The summed E-state index contributed by atoms with van der Waals surface area (Å²) >= 11 is 2.12. The minimum Gasteiger partial charge on any atom is -0.375 e. The Kier molecular flexibility index (Phi) is 6.46. The third-order valence-corrected chi connectivity index (χ3v) is 7.99. The monoisotopic (exact) mass is 403 g/mol. The number of thioether (sulfide) groups is 1. The summed E-state index contributed by atoms with van der Waals surface area (Å²) in [5.74, 6) is 0. The Labute approximate surface area is 183 Å². The predicted molar refractivity (Wildman–Crippen MR) is 135 cm³/mol. The smallest absolute Gasteiger partial charge is 0.243 e. The highest BCUT2D eigenvalue weighted by molar-refractivity contribution is 8.02. The van der Waals surface area contributed by atoms with E-state index in [4.69, 9.17) is 0 Å². The number of fused-ring (bicyclic) bond motifs is 1. The van der Waals surface area contributed by atoms with Crippen LogP contribution < -0.4 is 0 Å². The van der Waals surface area contributed by atoms with Crippen molar-refractivity contribution in [3.05, 3.63) is 77.4 Å². The summed E-state index contributed by atoms with van der Waals surface area (Å²) in [5.41, 5.74) is 5.80. The Morgan fingerprint density at radius 2 is 1.59 bits per heavy atom. The van der Waals surface area contributed by atoms with Gasteiger partial charge in [0.25, 0.3) is 0 Å². The van der Waals surface area contributed by atoms with Gasteiger partial charge in [0.15, 0.2) is 0 Å². The van der Waals surface area contributed by atoms with Crippen LogP contribution in [0.4, 0.5) is 0 Å². The van der Waals surface area contributed by atoms with Crippen LogP contribution >= 0.6 is 11.8 Å². The van der Waals surface area contributed by atoms with Gasteiger partial charge < -0.3 is 4.72 Å². The Hall–Kier alpha value is -1.38. The molecule has 0 fully saturated rings. The standard InChI is InChI=1S/C25H35B2NS/c1-9-22(19-15-11-10-12-16-19)26(7)28(24(2,3)4)27(8)23-20-17-13-14-18-21(20)25(5,6)29-23/h9-18,23H,1-8H3/b22-9-. The number of allylic oxidation sites excluding steroid dienone is 1. The van der Waals surface area contributed by atoms with Gasteiger partial charge in [0.1, 0.15) is 0 Å². The summed E-state index contributed by atoms with van der Waals surface area (Å²) in [5, 5.41) is 0.469. The second-order valence-corrected chi connectivity index (χ2v) is 11.5. The zero-order valence-corrected chi connectivity index (χ0v) is 20.2. The normalized spacial score (nSPS) is 18.7. The van der Waals surface area contributed by atoms with Crippen LogP contribution in [-0.4, -0.2) is 24.0 Å². The van der Waals surface area contributed by atoms with E-state index in [-0.39, 0.29) is 10.3 Å². The fraction of sp³-hybridized carbons (Fsp3) is 0.440. The molecule has 0 spiro atoms. The van der Waals surface area contributed by atoms with Crippen molar-refractivity contribution in [2.75, 3.05) is 0 Å². The van der Waals surface area contributed by atoms with E-state index in [9.17, 15) is 0 Å². The Morgan fingerprint density at radius 3 is 2.17 bits per heavy atom. The highest BCUT2D eigenvalue weighted by Gasteiger charge is 2.46. The minimum atomic E-state index is 0.0596. The number of rotatable bonds is 5. The molecule has 29 heavy (non-hydrogen) atoms. The van der Waals surface area contributed by atoms with Crippen LogP contribution in [0, 0.1) is 0 Å². The van der Waals surface area contributed by atoms with Crippen molar-refractivity contribution in [3.63, 3.8) is 0 Å².